The van der Waals surface area contributed by atoms with Crippen molar-refractivity contribution >= 4 is 67.0 Å². The highest BCUT2D eigenvalue weighted by molar-refractivity contribution is 8.04. The van der Waals surface area contributed by atoms with Crippen LogP contribution in [-0.4, -0.2) is 44.2 Å². The number of hydrogen-bond donors (Lipinski definition) is 2. The molecule has 3 aromatic heterocycles. The molecule has 0 unspecified atom stereocenters. The van der Waals surface area contributed by atoms with Gasteiger partial charge in [0, 0.05) is 34.4 Å². The van der Waals surface area contributed by atoms with Crippen LogP contribution in [0.1, 0.15) is 18.4 Å². The van der Waals surface area contributed by atoms with Gasteiger partial charge in [-0.15, -0.1) is 0 Å². The number of allylic oxidation sites excluding steroid dienone is 2. The Hall–Kier alpha value is -3.44. The maximum atomic E-state index is 9.90. The molecule has 0 aliphatic carbocycles. The summed E-state index contributed by atoms with van der Waals surface area (Å²) in [4.78, 5) is 3.21. The van der Waals surface area contributed by atoms with Gasteiger partial charge in [-0.2, -0.15) is 4.57 Å². The Kier molecular flexibility index (Phi) is 7.03. The topological polar surface area (TPSA) is 92.3 Å². The molecule has 2 aromatic carbocycles. The number of rotatable bonds is 9. The largest absolute Gasteiger partial charge is 0.493 e. The van der Waals surface area contributed by atoms with Gasteiger partial charge >= 0.3 is 0 Å². The summed E-state index contributed by atoms with van der Waals surface area (Å²) in [5.74, 6) is 1.34. The predicted octanol–water partition coefficient (Wildman–Crippen LogP) is 5.93. The van der Waals surface area contributed by atoms with Crippen LogP contribution in [0, 0.1) is 0 Å². The molecule has 202 valence electrons. The number of fused-ring (bicyclic) bond motifs is 6. The molecule has 1 aliphatic rings. The molecule has 1 aliphatic heterocycles. The van der Waals surface area contributed by atoms with Crippen molar-refractivity contribution < 1.29 is 33.1 Å². The van der Waals surface area contributed by atoms with Crippen molar-refractivity contribution in [3.8, 4) is 11.5 Å². The van der Waals surface area contributed by atoms with Gasteiger partial charge in [-0.1, -0.05) is 30.0 Å². The lowest BCUT2D eigenvalue weighted by Gasteiger charge is -2.20. The quantitative estimate of drug-likeness (QED) is 0.213. The molecule has 6 rings (SSSR count). The molecule has 0 saturated heterocycles. The fraction of sp³-hybridized carbons (Fsp3) is 0.276. The van der Waals surface area contributed by atoms with Gasteiger partial charge in [0.2, 0.25) is 5.52 Å². The van der Waals surface area contributed by atoms with E-state index in [0.29, 0.717) is 24.6 Å². The predicted molar refractivity (Wildman–Crippen MR) is 155 cm³/mol. The van der Waals surface area contributed by atoms with Crippen molar-refractivity contribution in [2.24, 2.45) is 0 Å². The zero-order chi connectivity index (χ0) is 27.1. The van der Waals surface area contributed by atoms with E-state index in [1.165, 1.54) is 0 Å². The molecule has 0 spiro atoms. The first-order valence-electron chi connectivity index (χ1n) is 12.7. The summed E-state index contributed by atoms with van der Waals surface area (Å²) in [6.45, 7) is 3.08. The number of aromatic nitrogens is 1. The molecule has 5 aromatic rings. The van der Waals surface area contributed by atoms with Gasteiger partial charge < -0.3 is 33.4 Å². The minimum Gasteiger partial charge on any atom is -0.493 e. The third-order valence-corrected chi connectivity index (χ3v) is 9.27. The summed E-state index contributed by atoms with van der Waals surface area (Å²) in [5, 5.41) is 23.8. The van der Waals surface area contributed by atoms with E-state index >= 15 is 0 Å². The average Bonchev–Trinajstić information content (AvgIpc) is 3.74. The fourth-order valence-corrected chi connectivity index (χ4v) is 7.59. The molecule has 2 N–H and O–H groups in total. The van der Waals surface area contributed by atoms with Gasteiger partial charge in [0.25, 0.3) is 5.01 Å². The highest BCUT2D eigenvalue weighted by Gasteiger charge is 2.30. The van der Waals surface area contributed by atoms with Gasteiger partial charge in [0.1, 0.15) is 11.3 Å². The molecular formula is C29H29N2O6S2+. The minimum absolute atomic E-state index is 0.0175. The van der Waals surface area contributed by atoms with Crippen LogP contribution in [0.15, 0.2) is 67.2 Å². The third-order valence-electron chi connectivity index (χ3n) is 6.91. The standard InChI is InChI=1S/C29H29N2O6S2/c1-4-17(13-24-30(7-9-32)20-15-22(34-2)26-18(5-11-36-26)28(20)38-24)14-25-31(8-10-33)21-16-23(35-3)27-19(6-12-37-27)29(21)39-25/h5-6,11-16,32-33H,4,7-10H2,1-3H3/q+1. The van der Waals surface area contributed by atoms with E-state index in [1.807, 2.05) is 24.3 Å². The number of β-amino-alcohol motifs (C(OH)–C–C–N with tert-alkyl or cyclic N) is 1. The van der Waals surface area contributed by atoms with E-state index < -0.39 is 0 Å². The summed E-state index contributed by atoms with van der Waals surface area (Å²) in [7, 11) is 3.27. The van der Waals surface area contributed by atoms with Gasteiger partial charge in [0.15, 0.2) is 29.2 Å². The second-order valence-corrected chi connectivity index (χ2v) is 11.1. The van der Waals surface area contributed by atoms with Crippen molar-refractivity contribution in [2.75, 3.05) is 38.9 Å². The first-order valence-corrected chi connectivity index (χ1v) is 14.3. The van der Waals surface area contributed by atoms with Crippen molar-refractivity contribution in [1.29, 1.82) is 0 Å². The van der Waals surface area contributed by atoms with Crippen LogP contribution < -0.4 is 18.9 Å². The minimum atomic E-state index is 0.0175. The molecule has 0 saturated carbocycles. The Morgan fingerprint density at radius 1 is 1.03 bits per heavy atom. The summed E-state index contributed by atoms with van der Waals surface area (Å²) in [5.41, 5.74) is 4.55. The summed E-state index contributed by atoms with van der Waals surface area (Å²) < 4.78 is 25.8. The SMILES string of the molecule is CCC(/C=C1\Sc2c(cc(OC)c3occc23)N1CCO)=C\c1sc2c3ccoc3c(OC)cc2[n+]1CCO. The number of hydrogen-bond acceptors (Lipinski definition) is 9. The molecule has 0 amide bonds. The lowest BCUT2D eigenvalue weighted by Crippen LogP contribution is -2.36. The van der Waals surface area contributed by atoms with Crippen LogP contribution >= 0.6 is 23.1 Å². The van der Waals surface area contributed by atoms with Crippen molar-refractivity contribution in [1.82, 2.24) is 0 Å². The fourth-order valence-electron chi connectivity index (χ4n) is 5.06. The van der Waals surface area contributed by atoms with Crippen LogP contribution in [-0.2, 0) is 6.54 Å². The summed E-state index contributed by atoms with van der Waals surface area (Å²) in [6, 6.07) is 7.87. The molecule has 0 fully saturated rings. The Bertz CT molecular complexity index is 1750. The Balaban J connectivity index is 1.47. The molecular weight excluding hydrogens is 536 g/mol. The number of thioether (sulfide) groups is 1. The highest BCUT2D eigenvalue weighted by atomic mass is 32.2. The number of ether oxygens (including phenoxy) is 2. The number of furan rings is 2. The number of aliphatic hydroxyl groups excluding tert-OH is 2. The van der Waals surface area contributed by atoms with Crippen molar-refractivity contribution in [3.63, 3.8) is 0 Å². The first-order chi connectivity index (χ1) is 19.1. The van der Waals surface area contributed by atoms with Gasteiger partial charge in [-0.05, 0) is 30.2 Å². The van der Waals surface area contributed by atoms with Gasteiger partial charge in [0.05, 0.1) is 50.1 Å². The third kappa shape index (κ3) is 4.28. The number of aliphatic hydroxyl groups is 2. The number of benzene rings is 2. The lowest BCUT2D eigenvalue weighted by molar-refractivity contribution is -0.670. The molecule has 0 radical (unpaired) electrons. The van der Waals surface area contributed by atoms with Crippen LogP contribution in [0.2, 0.25) is 0 Å². The molecule has 10 heteroatoms. The smallest absolute Gasteiger partial charge is 0.263 e. The summed E-state index contributed by atoms with van der Waals surface area (Å²) in [6.07, 6.45) is 8.52. The van der Waals surface area contributed by atoms with E-state index in [0.717, 1.165) is 64.8 Å². The van der Waals surface area contributed by atoms with E-state index in [2.05, 4.69) is 28.5 Å². The van der Waals surface area contributed by atoms with E-state index in [-0.39, 0.29) is 13.2 Å². The highest BCUT2D eigenvalue weighted by Crippen LogP contribution is 2.52. The average molecular weight is 566 g/mol. The lowest BCUT2D eigenvalue weighted by atomic mass is 10.1. The second kappa shape index (κ2) is 10.6. The molecule has 0 bridgehead atoms. The molecule has 39 heavy (non-hydrogen) atoms. The zero-order valence-corrected chi connectivity index (χ0v) is 23.5. The Morgan fingerprint density at radius 3 is 2.44 bits per heavy atom. The van der Waals surface area contributed by atoms with Crippen molar-refractivity contribution in [2.45, 2.75) is 24.8 Å². The molecule has 8 nitrogen and oxygen atoms in total. The Labute approximate surface area is 233 Å². The van der Waals surface area contributed by atoms with Crippen molar-refractivity contribution in [3.05, 3.63) is 58.5 Å². The number of nitrogens with zero attached hydrogens (tertiary/aromatic N) is 2. The molecule has 4 heterocycles. The maximum Gasteiger partial charge on any atom is 0.263 e. The first kappa shape index (κ1) is 25.8. The van der Waals surface area contributed by atoms with Gasteiger partial charge in [-0.3, -0.25) is 0 Å². The number of thiazole rings is 1. The van der Waals surface area contributed by atoms with E-state index in [4.69, 9.17) is 18.3 Å². The van der Waals surface area contributed by atoms with E-state index in [1.54, 1.807) is 49.8 Å². The van der Waals surface area contributed by atoms with Crippen LogP contribution in [0.4, 0.5) is 5.69 Å². The van der Waals surface area contributed by atoms with Crippen LogP contribution in [0.3, 0.4) is 0 Å². The van der Waals surface area contributed by atoms with Gasteiger partial charge in [-0.25, -0.2) is 0 Å². The number of methoxy groups -OCH3 is 2. The van der Waals surface area contributed by atoms with Crippen LogP contribution in [0.5, 0.6) is 11.5 Å². The second-order valence-electron chi connectivity index (χ2n) is 9.03. The number of anilines is 1. The monoisotopic (exact) mass is 565 g/mol. The molecule has 0 atom stereocenters. The van der Waals surface area contributed by atoms with Crippen LogP contribution in [0.25, 0.3) is 38.2 Å². The Morgan fingerprint density at radius 2 is 1.74 bits per heavy atom. The maximum absolute atomic E-state index is 9.90. The normalized spacial score (nSPS) is 14.8. The zero-order valence-electron chi connectivity index (χ0n) is 21.9. The summed E-state index contributed by atoms with van der Waals surface area (Å²) >= 11 is 3.33. The van der Waals surface area contributed by atoms with E-state index in [9.17, 15) is 10.2 Å².